The minimum atomic E-state index is -1.34. The van der Waals surface area contributed by atoms with Crippen LogP contribution >= 0.6 is 0 Å². The lowest BCUT2D eigenvalue weighted by molar-refractivity contribution is -0.166. The summed E-state index contributed by atoms with van der Waals surface area (Å²) >= 11 is 0. The van der Waals surface area contributed by atoms with Crippen LogP contribution in [0.2, 0.25) is 0 Å². The Morgan fingerprint density at radius 1 is 0.417 bits per heavy atom. The van der Waals surface area contributed by atoms with E-state index in [9.17, 15) is 19.2 Å². The highest BCUT2D eigenvalue weighted by Crippen LogP contribution is 2.20. The van der Waals surface area contributed by atoms with Crippen molar-refractivity contribution in [2.45, 2.75) is 0 Å². The van der Waals surface area contributed by atoms with Gasteiger partial charge in [-0.25, -0.2) is 9.59 Å². The maximum atomic E-state index is 12.3. The number of rotatable bonds is 8. The molecule has 36 heavy (non-hydrogen) atoms. The Balaban J connectivity index is 1.24. The summed E-state index contributed by atoms with van der Waals surface area (Å²) in [4.78, 5) is 48.5. The highest BCUT2D eigenvalue weighted by molar-refractivity contribution is 6.30. The molecule has 0 aromatic heterocycles. The minimum absolute atomic E-state index is 0.338. The Labute approximate surface area is 208 Å². The first-order valence-electron chi connectivity index (χ1n) is 11.2. The number of ketones is 2. The number of Topliss-reactive ketones (excluding diaryl/α,β-unsaturated/α-hetero) is 2. The lowest BCUT2D eigenvalue weighted by Gasteiger charge is -2.07. The van der Waals surface area contributed by atoms with E-state index in [1.165, 1.54) is 0 Å². The second-order valence-electron chi connectivity index (χ2n) is 7.89. The fourth-order valence-corrected chi connectivity index (χ4v) is 3.51. The lowest BCUT2D eigenvalue weighted by atomic mass is 10.0. The molecule has 0 heterocycles. The van der Waals surface area contributed by atoms with Crippen molar-refractivity contribution in [2.24, 2.45) is 0 Å². The van der Waals surface area contributed by atoms with Crippen LogP contribution in [-0.2, 0) is 19.1 Å². The van der Waals surface area contributed by atoms with Gasteiger partial charge in [-0.2, -0.15) is 0 Å². The van der Waals surface area contributed by atoms with E-state index >= 15 is 0 Å². The normalized spacial score (nSPS) is 10.3. The van der Waals surface area contributed by atoms with Gasteiger partial charge in [-0.05, 0) is 22.3 Å². The summed E-state index contributed by atoms with van der Waals surface area (Å²) in [5.74, 6) is -3.61. The quantitative estimate of drug-likeness (QED) is 0.197. The van der Waals surface area contributed by atoms with Crippen LogP contribution in [0.25, 0.3) is 22.3 Å². The molecule has 6 nitrogen and oxygen atoms in total. The van der Waals surface area contributed by atoms with Crippen LogP contribution in [-0.4, -0.2) is 36.7 Å². The molecule has 0 spiro atoms. The van der Waals surface area contributed by atoms with Gasteiger partial charge in [0.2, 0.25) is 0 Å². The number of ether oxygens (including phenoxy) is 2. The molecular weight excluding hydrogens is 456 g/mol. The molecule has 0 aliphatic heterocycles. The number of carbonyl (C=O) groups excluding carboxylic acids is 4. The monoisotopic (exact) mass is 478 g/mol. The fraction of sp³-hybridized carbons (Fsp3) is 0.0667. The van der Waals surface area contributed by atoms with E-state index in [4.69, 9.17) is 9.47 Å². The summed E-state index contributed by atoms with van der Waals surface area (Å²) in [6.07, 6.45) is 0. The molecule has 0 amide bonds. The molecule has 0 saturated carbocycles. The lowest BCUT2D eigenvalue weighted by Crippen LogP contribution is -2.25. The number of carbonyl (C=O) groups is 4. The molecule has 0 radical (unpaired) electrons. The predicted octanol–water partition coefficient (Wildman–Crippen LogP) is 5.17. The number of esters is 2. The zero-order chi connectivity index (χ0) is 25.3. The van der Waals surface area contributed by atoms with Crippen molar-refractivity contribution in [2.75, 3.05) is 13.2 Å². The van der Waals surface area contributed by atoms with Crippen LogP contribution in [0.15, 0.2) is 109 Å². The maximum Gasteiger partial charge on any atom is 0.417 e. The summed E-state index contributed by atoms with van der Waals surface area (Å²) in [6.45, 7) is -1.24. The van der Waals surface area contributed by atoms with Crippen molar-refractivity contribution in [3.8, 4) is 22.3 Å². The first kappa shape index (κ1) is 24.3. The molecule has 0 bridgehead atoms. The molecule has 178 valence electrons. The van der Waals surface area contributed by atoms with E-state index in [1.807, 2.05) is 60.7 Å². The Kier molecular flexibility index (Phi) is 7.78. The van der Waals surface area contributed by atoms with Gasteiger partial charge < -0.3 is 9.47 Å². The van der Waals surface area contributed by atoms with Crippen LogP contribution in [0.5, 0.6) is 0 Å². The summed E-state index contributed by atoms with van der Waals surface area (Å²) in [7, 11) is 0. The minimum Gasteiger partial charge on any atom is -0.449 e. The molecule has 0 unspecified atom stereocenters. The SMILES string of the molecule is O=C(OCC(=O)c1ccc(-c2ccccc2)cc1)C(=O)OCC(=O)c1ccc(-c2ccccc2)cc1. The van der Waals surface area contributed by atoms with E-state index in [-0.39, 0.29) is 0 Å². The summed E-state index contributed by atoms with van der Waals surface area (Å²) in [5.41, 5.74) is 4.56. The molecule has 0 atom stereocenters. The summed E-state index contributed by atoms with van der Waals surface area (Å²) in [6, 6.07) is 33.0. The highest BCUT2D eigenvalue weighted by atomic mass is 16.6. The van der Waals surface area contributed by atoms with Gasteiger partial charge >= 0.3 is 11.9 Å². The van der Waals surface area contributed by atoms with E-state index in [0.29, 0.717) is 11.1 Å². The molecule has 0 aliphatic carbocycles. The molecule has 0 fully saturated rings. The van der Waals surface area contributed by atoms with Crippen molar-refractivity contribution in [3.05, 3.63) is 120 Å². The molecule has 0 N–H and O–H groups in total. The fourth-order valence-electron chi connectivity index (χ4n) is 3.51. The molecule has 4 rings (SSSR count). The Morgan fingerprint density at radius 2 is 0.722 bits per heavy atom. The van der Waals surface area contributed by atoms with Gasteiger partial charge in [-0.3, -0.25) is 9.59 Å². The predicted molar refractivity (Wildman–Crippen MR) is 134 cm³/mol. The van der Waals surface area contributed by atoms with Gasteiger partial charge in [0.15, 0.2) is 24.8 Å². The van der Waals surface area contributed by atoms with Gasteiger partial charge in [0.1, 0.15) is 0 Å². The summed E-state index contributed by atoms with van der Waals surface area (Å²) in [5, 5.41) is 0. The zero-order valence-electron chi connectivity index (χ0n) is 19.3. The maximum absolute atomic E-state index is 12.3. The molecular formula is C30H22O6. The number of benzene rings is 4. The largest absolute Gasteiger partial charge is 0.449 e. The first-order chi connectivity index (χ1) is 17.5. The third kappa shape index (κ3) is 6.18. The number of hydrogen-bond donors (Lipinski definition) is 0. The second-order valence-corrected chi connectivity index (χ2v) is 7.89. The third-order valence-electron chi connectivity index (χ3n) is 5.46. The average Bonchev–Trinajstić information content (AvgIpc) is 2.95. The Hall–Kier alpha value is -4.84. The van der Waals surface area contributed by atoms with Crippen LogP contribution in [0.4, 0.5) is 0 Å². The van der Waals surface area contributed by atoms with Gasteiger partial charge in [0.25, 0.3) is 0 Å². The van der Waals surface area contributed by atoms with Gasteiger partial charge in [0.05, 0.1) is 0 Å². The molecule has 4 aromatic carbocycles. The van der Waals surface area contributed by atoms with Gasteiger partial charge in [-0.1, -0.05) is 109 Å². The van der Waals surface area contributed by atoms with Gasteiger partial charge in [-0.15, -0.1) is 0 Å². The number of hydrogen-bond acceptors (Lipinski definition) is 6. The molecule has 0 saturated heterocycles. The third-order valence-corrected chi connectivity index (χ3v) is 5.46. The van der Waals surface area contributed by atoms with Crippen molar-refractivity contribution in [3.63, 3.8) is 0 Å². The highest BCUT2D eigenvalue weighted by Gasteiger charge is 2.21. The van der Waals surface area contributed by atoms with E-state index in [1.54, 1.807) is 48.5 Å². The van der Waals surface area contributed by atoms with Gasteiger partial charge in [0, 0.05) is 11.1 Å². The average molecular weight is 479 g/mol. The van der Waals surface area contributed by atoms with Crippen molar-refractivity contribution >= 4 is 23.5 Å². The molecule has 0 aliphatic rings. The van der Waals surface area contributed by atoms with Crippen molar-refractivity contribution in [1.29, 1.82) is 0 Å². The van der Waals surface area contributed by atoms with Crippen molar-refractivity contribution in [1.82, 2.24) is 0 Å². The summed E-state index contributed by atoms with van der Waals surface area (Å²) < 4.78 is 9.53. The Morgan fingerprint density at radius 3 is 1.06 bits per heavy atom. The molecule has 6 heteroatoms. The zero-order valence-corrected chi connectivity index (χ0v) is 19.3. The standard InChI is InChI=1S/C30H22O6/c31-27(25-15-11-23(12-16-25)21-7-3-1-4-8-21)19-35-29(33)30(34)36-20-28(32)26-17-13-24(14-18-26)22-9-5-2-6-10-22/h1-18H,19-20H2. The molecule has 4 aromatic rings. The second kappa shape index (κ2) is 11.5. The Bertz CT molecular complexity index is 1250. The first-order valence-corrected chi connectivity index (χ1v) is 11.2. The van der Waals surface area contributed by atoms with Crippen molar-refractivity contribution < 1.29 is 28.7 Å². The van der Waals surface area contributed by atoms with Crippen LogP contribution in [0, 0.1) is 0 Å². The van der Waals surface area contributed by atoms with Crippen LogP contribution in [0.1, 0.15) is 20.7 Å². The smallest absolute Gasteiger partial charge is 0.417 e. The van der Waals surface area contributed by atoms with E-state index in [0.717, 1.165) is 22.3 Å². The topological polar surface area (TPSA) is 86.7 Å². The van der Waals surface area contributed by atoms with Crippen LogP contribution in [0.3, 0.4) is 0 Å². The van der Waals surface area contributed by atoms with E-state index < -0.39 is 36.7 Å². The van der Waals surface area contributed by atoms with Crippen LogP contribution < -0.4 is 0 Å². The van der Waals surface area contributed by atoms with E-state index in [2.05, 4.69) is 0 Å².